The Hall–Kier alpha value is -2.86. The number of carbonyl (C=O) groups is 1. The monoisotopic (exact) mass is 565 g/mol. The summed E-state index contributed by atoms with van der Waals surface area (Å²) >= 11 is 6.49. The Morgan fingerprint density at radius 3 is 2.33 bits per heavy atom. The molecular weight excluding hydrogens is 522 g/mol. The first-order valence-corrected chi connectivity index (χ1v) is 15.3. The van der Waals surface area contributed by atoms with Crippen LogP contribution in [0.3, 0.4) is 0 Å². The first-order valence-electron chi connectivity index (χ1n) is 14.9. The Kier molecular flexibility index (Phi) is 8.99. The third kappa shape index (κ3) is 5.39. The molecule has 3 aromatic rings. The number of likely N-dealkylation sites (tertiary alicyclic amines) is 1. The van der Waals surface area contributed by atoms with Crippen molar-refractivity contribution in [3.8, 4) is 5.69 Å². The number of hydrogen-bond acceptors (Lipinski definition) is 4. The highest BCUT2D eigenvalue weighted by atomic mass is 35.5. The van der Waals surface area contributed by atoms with Crippen molar-refractivity contribution in [3.63, 3.8) is 0 Å². The summed E-state index contributed by atoms with van der Waals surface area (Å²) in [5, 5.41) is 0.917. The molecule has 7 heteroatoms. The topological polar surface area (TPSA) is 64.4 Å². The third-order valence-corrected chi connectivity index (χ3v) is 8.36. The van der Waals surface area contributed by atoms with Crippen LogP contribution in [0.4, 0.5) is 4.79 Å². The molecule has 0 atom stereocenters. The van der Waals surface area contributed by atoms with Crippen molar-refractivity contribution in [1.82, 2.24) is 14.5 Å². The predicted octanol–water partition coefficient (Wildman–Crippen LogP) is 8.38. The van der Waals surface area contributed by atoms with Crippen LogP contribution in [0, 0.1) is 0 Å². The lowest BCUT2D eigenvalue weighted by molar-refractivity contribution is 0.0205. The van der Waals surface area contributed by atoms with Gasteiger partial charge >= 0.3 is 6.09 Å². The van der Waals surface area contributed by atoms with E-state index < -0.39 is 5.60 Å². The average Bonchev–Trinajstić information content (AvgIpc) is 3.18. The van der Waals surface area contributed by atoms with Crippen molar-refractivity contribution in [2.24, 2.45) is 0 Å². The highest BCUT2D eigenvalue weighted by Gasteiger charge is 2.45. The van der Waals surface area contributed by atoms with Gasteiger partial charge in [-0.25, -0.2) is 4.79 Å². The fourth-order valence-electron chi connectivity index (χ4n) is 6.49. The lowest BCUT2D eigenvalue weighted by Crippen LogP contribution is -2.41. The van der Waals surface area contributed by atoms with Gasteiger partial charge in [-0.3, -0.25) is 9.36 Å². The number of amides is 1. The van der Waals surface area contributed by atoms with Crippen LogP contribution in [0.25, 0.3) is 16.6 Å². The number of carbonyl (C=O) groups excluding carboxylic acids is 1. The van der Waals surface area contributed by atoms with Crippen LogP contribution in [0.1, 0.15) is 110 Å². The largest absolute Gasteiger partial charge is 0.444 e. The van der Waals surface area contributed by atoms with Gasteiger partial charge in [-0.05, 0) is 81.7 Å². The number of ether oxygens (including phenoxy) is 1. The molecule has 1 fully saturated rings. The molecule has 6 nitrogen and oxygen atoms in total. The van der Waals surface area contributed by atoms with E-state index >= 15 is 0 Å². The van der Waals surface area contributed by atoms with E-state index in [0.717, 1.165) is 55.6 Å². The molecule has 40 heavy (non-hydrogen) atoms. The van der Waals surface area contributed by atoms with E-state index in [-0.39, 0.29) is 17.1 Å². The standard InChI is InChI=1S/C31H38ClN3O3.C2H6/c1-6-15-31(16-7-2)22-19-21(20-13-17-34(18-14-20)29(37)38-30(3,4)5)11-12-24(22)35-25-10-8-9-23(32)26(25)27(36)33-28(31)35;1-2/h8-12,19-20H,6-7,13-18H2,1-5H3;1-2H3. The molecule has 216 valence electrons. The summed E-state index contributed by atoms with van der Waals surface area (Å²) in [6.45, 7) is 15.5. The maximum atomic E-state index is 13.2. The Labute approximate surface area is 243 Å². The minimum absolute atomic E-state index is 0.230. The van der Waals surface area contributed by atoms with Crippen molar-refractivity contribution in [2.75, 3.05) is 13.1 Å². The summed E-state index contributed by atoms with van der Waals surface area (Å²) in [7, 11) is 0. The van der Waals surface area contributed by atoms with Crippen molar-refractivity contribution >= 4 is 28.6 Å². The zero-order chi connectivity index (χ0) is 29.2. The normalized spacial score (nSPS) is 16.2. The number of fused-ring (bicyclic) bond motifs is 5. The summed E-state index contributed by atoms with van der Waals surface area (Å²) in [6, 6.07) is 12.4. The van der Waals surface area contributed by atoms with Gasteiger partial charge in [0.15, 0.2) is 0 Å². The van der Waals surface area contributed by atoms with Gasteiger partial charge in [0.1, 0.15) is 11.4 Å². The van der Waals surface area contributed by atoms with Gasteiger partial charge < -0.3 is 9.64 Å². The van der Waals surface area contributed by atoms with Crippen LogP contribution in [-0.4, -0.2) is 39.2 Å². The molecule has 0 bridgehead atoms. The van der Waals surface area contributed by atoms with E-state index in [1.54, 1.807) is 6.07 Å². The van der Waals surface area contributed by atoms with E-state index in [9.17, 15) is 9.59 Å². The molecule has 1 aromatic heterocycles. The molecule has 0 spiro atoms. The number of hydrogen-bond donors (Lipinski definition) is 0. The molecule has 0 unspecified atom stereocenters. The van der Waals surface area contributed by atoms with Crippen LogP contribution in [0.5, 0.6) is 0 Å². The van der Waals surface area contributed by atoms with Gasteiger partial charge in [0, 0.05) is 13.1 Å². The number of piperidine rings is 1. The van der Waals surface area contributed by atoms with Crippen LogP contribution in [0.15, 0.2) is 41.2 Å². The molecule has 2 aromatic carbocycles. The van der Waals surface area contributed by atoms with Gasteiger partial charge in [-0.2, -0.15) is 4.98 Å². The first-order chi connectivity index (χ1) is 19.1. The van der Waals surface area contributed by atoms with Gasteiger partial charge in [-0.1, -0.05) is 70.3 Å². The second kappa shape index (κ2) is 11.9. The zero-order valence-electron chi connectivity index (χ0n) is 25.1. The van der Waals surface area contributed by atoms with Crippen molar-refractivity contribution in [1.29, 1.82) is 0 Å². The highest BCUT2D eigenvalue weighted by Crippen LogP contribution is 2.50. The van der Waals surface area contributed by atoms with Crippen LogP contribution >= 0.6 is 11.6 Å². The molecule has 2 aliphatic heterocycles. The molecule has 5 rings (SSSR count). The van der Waals surface area contributed by atoms with Crippen molar-refractivity contribution < 1.29 is 9.53 Å². The summed E-state index contributed by atoms with van der Waals surface area (Å²) in [5.41, 5.74) is 3.40. The van der Waals surface area contributed by atoms with E-state index in [0.29, 0.717) is 29.4 Å². The predicted molar refractivity (Wildman–Crippen MR) is 164 cm³/mol. The highest BCUT2D eigenvalue weighted by molar-refractivity contribution is 6.35. The van der Waals surface area contributed by atoms with Gasteiger partial charge in [0.25, 0.3) is 5.56 Å². The number of aromatic nitrogens is 2. The summed E-state index contributed by atoms with van der Waals surface area (Å²) in [5.74, 6) is 1.20. The fourth-order valence-corrected chi connectivity index (χ4v) is 6.74. The smallest absolute Gasteiger partial charge is 0.410 e. The molecule has 0 saturated carbocycles. The Morgan fingerprint density at radius 2 is 1.73 bits per heavy atom. The van der Waals surface area contributed by atoms with Gasteiger partial charge in [0.05, 0.1) is 27.0 Å². The number of nitrogens with zero attached hydrogens (tertiary/aromatic N) is 3. The zero-order valence-corrected chi connectivity index (χ0v) is 25.9. The summed E-state index contributed by atoms with van der Waals surface area (Å²) < 4.78 is 7.77. The van der Waals surface area contributed by atoms with E-state index in [1.165, 1.54) is 11.1 Å². The van der Waals surface area contributed by atoms with E-state index in [2.05, 4.69) is 36.6 Å². The molecule has 0 N–H and O–H groups in total. The van der Waals surface area contributed by atoms with Gasteiger partial charge in [0.2, 0.25) is 0 Å². The molecule has 1 saturated heterocycles. The fraction of sp³-hybridized carbons (Fsp3) is 0.545. The number of rotatable bonds is 5. The van der Waals surface area contributed by atoms with Crippen molar-refractivity contribution in [3.05, 3.63) is 68.7 Å². The van der Waals surface area contributed by atoms with E-state index in [4.69, 9.17) is 21.3 Å². The van der Waals surface area contributed by atoms with Crippen LogP contribution in [-0.2, 0) is 10.2 Å². The van der Waals surface area contributed by atoms with E-state index in [1.807, 2.05) is 51.7 Å². The number of halogens is 1. The minimum atomic E-state index is -0.491. The van der Waals surface area contributed by atoms with Gasteiger partial charge in [-0.15, -0.1) is 0 Å². The Bertz CT molecular complexity index is 1430. The third-order valence-electron chi connectivity index (χ3n) is 8.04. The summed E-state index contributed by atoms with van der Waals surface area (Å²) in [6.07, 6.45) is 5.39. The minimum Gasteiger partial charge on any atom is -0.444 e. The van der Waals surface area contributed by atoms with Crippen molar-refractivity contribution in [2.45, 2.75) is 104 Å². The first kappa shape index (κ1) is 30.1. The van der Waals surface area contributed by atoms with Crippen LogP contribution in [0.2, 0.25) is 5.02 Å². The Morgan fingerprint density at radius 1 is 1.07 bits per heavy atom. The molecular formula is C33H44ClN3O3. The molecule has 2 aliphatic rings. The molecule has 3 heterocycles. The maximum absolute atomic E-state index is 13.2. The quantitative estimate of drug-likeness (QED) is 0.311. The summed E-state index contributed by atoms with van der Waals surface area (Å²) in [4.78, 5) is 32.4. The molecule has 0 aliphatic carbocycles. The Balaban J connectivity index is 0.00000181. The second-order valence-electron chi connectivity index (χ2n) is 11.8. The molecule has 0 radical (unpaired) electrons. The average molecular weight is 566 g/mol. The lowest BCUT2D eigenvalue weighted by Gasteiger charge is -2.34. The van der Waals surface area contributed by atoms with Crippen LogP contribution < -0.4 is 5.56 Å². The maximum Gasteiger partial charge on any atom is 0.410 e. The second-order valence-corrected chi connectivity index (χ2v) is 12.2. The lowest BCUT2D eigenvalue weighted by atomic mass is 9.73. The number of benzene rings is 2. The SMILES string of the molecule is CC.CCCC1(CCC)c2cc(C3CCN(C(=O)OC(C)(C)C)CC3)ccc2-n2c1nc(=O)c1c(Cl)cccc12. The molecule has 1 amide bonds.